The average molecular weight is 264 g/mol. The van der Waals surface area contributed by atoms with Gasteiger partial charge in [0.1, 0.15) is 0 Å². The Labute approximate surface area is 93.8 Å². The van der Waals surface area contributed by atoms with Crippen LogP contribution in [0, 0.1) is 0 Å². The highest BCUT2D eigenvalue weighted by Crippen LogP contribution is 1.97. The molecule has 1 saturated heterocycles. The minimum atomic E-state index is 0.0686. The lowest BCUT2D eigenvalue weighted by Crippen LogP contribution is -2.47. The van der Waals surface area contributed by atoms with E-state index in [1.54, 1.807) is 0 Å². The molecule has 5 heteroatoms. The van der Waals surface area contributed by atoms with E-state index in [0.29, 0.717) is 5.33 Å². The molecule has 0 aromatic rings. The molecule has 1 aliphatic heterocycles. The van der Waals surface area contributed by atoms with Crippen LogP contribution in [0.5, 0.6) is 0 Å². The lowest BCUT2D eigenvalue weighted by Gasteiger charge is -2.32. The summed E-state index contributed by atoms with van der Waals surface area (Å²) in [5.41, 5.74) is 0. The fraction of sp³-hybridized carbons (Fsp3) is 0.889. The van der Waals surface area contributed by atoms with Crippen molar-refractivity contribution in [2.45, 2.75) is 0 Å². The van der Waals surface area contributed by atoms with Gasteiger partial charge in [-0.2, -0.15) is 0 Å². The maximum Gasteiger partial charge on any atom is 0.230 e. The van der Waals surface area contributed by atoms with Crippen LogP contribution in [0.15, 0.2) is 0 Å². The summed E-state index contributed by atoms with van der Waals surface area (Å²) in [5.74, 6) is 0.0686. The fourth-order valence-corrected chi connectivity index (χ4v) is 1.67. The second kappa shape index (κ2) is 6.37. The van der Waals surface area contributed by atoms with E-state index in [2.05, 4.69) is 38.1 Å². The molecule has 0 aromatic carbocycles. The number of hydrogen-bond acceptors (Lipinski definition) is 3. The summed E-state index contributed by atoms with van der Waals surface area (Å²) in [6, 6.07) is 0. The molecule has 14 heavy (non-hydrogen) atoms. The van der Waals surface area contributed by atoms with E-state index in [0.717, 1.165) is 39.3 Å². The SMILES string of the molecule is CN1CCN(CCNC(=O)CBr)CC1. The first-order valence-electron chi connectivity index (χ1n) is 4.96. The van der Waals surface area contributed by atoms with Gasteiger partial charge in [-0.15, -0.1) is 0 Å². The Morgan fingerprint density at radius 1 is 1.36 bits per heavy atom. The summed E-state index contributed by atoms with van der Waals surface area (Å²) in [6.45, 7) is 6.21. The van der Waals surface area contributed by atoms with Crippen LogP contribution in [-0.2, 0) is 4.79 Å². The first-order valence-corrected chi connectivity index (χ1v) is 6.08. The van der Waals surface area contributed by atoms with E-state index in [1.165, 1.54) is 0 Å². The molecule has 1 heterocycles. The Morgan fingerprint density at radius 2 is 2.00 bits per heavy atom. The smallest absolute Gasteiger partial charge is 0.230 e. The molecule has 0 bridgehead atoms. The number of amides is 1. The maximum absolute atomic E-state index is 10.9. The predicted octanol–water partition coefficient (Wildman–Crippen LogP) is -0.255. The summed E-state index contributed by atoms with van der Waals surface area (Å²) in [4.78, 5) is 15.6. The molecule has 1 N–H and O–H groups in total. The molecule has 1 rings (SSSR count). The fourth-order valence-electron chi connectivity index (χ4n) is 1.47. The molecule has 0 saturated carbocycles. The molecule has 0 aromatic heterocycles. The number of alkyl halides is 1. The molecule has 0 radical (unpaired) electrons. The molecule has 1 fully saturated rings. The van der Waals surface area contributed by atoms with Crippen molar-refractivity contribution in [2.24, 2.45) is 0 Å². The second-order valence-electron chi connectivity index (χ2n) is 3.63. The van der Waals surface area contributed by atoms with E-state index in [-0.39, 0.29) is 5.91 Å². The van der Waals surface area contributed by atoms with Crippen LogP contribution in [0.4, 0.5) is 0 Å². The summed E-state index contributed by atoms with van der Waals surface area (Å²) >= 11 is 3.12. The summed E-state index contributed by atoms with van der Waals surface area (Å²) in [6.07, 6.45) is 0. The minimum Gasteiger partial charge on any atom is -0.354 e. The third-order valence-corrected chi connectivity index (χ3v) is 2.98. The third-order valence-electron chi connectivity index (χ3n) is 2.47. The Morgan fingerprint density at radius 3 is 2.57 bits per heavy atom. The highest BCUT2D eigenvalue weighted by atomic mass is 79.9. The molecule has 0 aliphatic carbocycles. The van der Waals surface area contributed by atoms with Crippen LogP contribution in [-0.4, -0.2) is 67.4 Å². The van der Waals surface area contributed by atoms with Crippen molar-refractivity contribution in [3.05, 3.63) is 0 Å². The van der Waals surface area contributed by atoms with E-state index in [9.17, 15) is 4.79 Å². The number of rotatable bonds is 4. The Kier molecular flexibility index (Phi) is 5.44. The maximum atomic E-state index is 10.9. The number of nitrogens with one attached hydrogen (secondary N) is 1. The number of halogens is 1. The number of piperazine rings is 1. The van der Waals surface area contributed by atoms with E-state index in [1.807, 2.05) is 0 Å². The Hall–Kier alpha value is -0.130. The van der Waals surface area contributed by atoms with Crippen LogP contribution in [0.1, 0.15) is 0 Å². The second-order valence-corrected chi connectivity index (χ2v) is 4.19. The topological polar surface area (TPSA) is 35.6 Å². The molecular formula is C9H18BrN3O. The summed E-state index contributed by atoms with van der Waals surface area (Å²) < 4.78 is 0. The molecule has 1 aliphatic rings. The molecule has 0 atom stereocenters. The van der Waals surface area contributed by atoms with Crippen molar-refractivity contribution in [3.8, 4) is 0 Å². The number of carbonyl (C=O) groups excluding carboxylic acids is 1. The zero-order chi connectivity index (χ0) is 10.4. The molecule has 4 nitrogen and oxygen atoms in total. The van der Waals surface area contributed by atoms with Crippen LogP contribution in [0.2, 0.25) is 0 Å². The third kappa shape index (κ3) is 4.39. The normalized spacial score (nSPS) is 19.6. The van der Waals surface area contributed by atoms with Gasteiger partial charge in [0.2, 0.25) is 5.91 Å². The van der Waals surface area contributed by atoms with Crippen molar-refractivity contribution < 1.29 is 4.79 Å². The van der Waals surface area contributed by atoms with Crippen molar-refractivity contribution in [2.75, 3.05) is 51.6 Å². The number of hydrogen-bond donors (Lipinski definition) is 1. The highest BCUT2D eigenvalue weighted by Gasteiger charge is 2.12. The largest absolute Gasteiger partial charge is 0.354 e. The van der Waals surface area contributed by atoms with Crippen LogP contribution in [0.3, 0.4) is 0 Å². The first kappa shape index (κ1) is 11.9. The number of carbonyl (C=O) groups is 1. The van der Waals surface area contributed by atoms with E-state index in [4.69, 9.17) is 0 Å². The van der Waals surface area contributed by atoms with Gasteiger partial charge in [0.15, 0.2) is 0 Å². The van der Waals surface area contributed by atoms with Crippen molar-refractivity contribution in [1.29, 1.82) is 0 Å². The Bertz CT molecular complexity index is 181. The summed E-state index contributed by atoms with van der Waals surface area (Å²) in [7, 11) is 2.14. The standard InChI is InChI=1S/C9H18BrN3O/c1-12-4-6-13(7-5-12)3-2-11-9(14)8-10/h2-8H2,1H3,(H,11,14). The van der Waals surface area contributed by atoms with Crippen LogP contribution >= 0.6 is 15.9 Å². The van der Waals surface area contributed by atoms with Crippen molar-refractivity contribution in [3.63, 3.8) is 0 Å². The van der Waals surface area contributed by atoms with E-state index >= 15 is 0 Å². The quantitative estimate of drug-likeness (QED) is 0.711. The molecule has 0 unspecified atom stereocenters. The van der Waals surface area contributed by atoms with Gasteiger partial charge in [-0.05, 0) is 7.05 Å². The van der Waals surface area contributed by atoms with Crippen LogP contribution < -0.4 is 5.32 Å². The van der Waals surface area contributed by atoms with Gasteiger partial charge in [0.05, 0.1) is 5.33 Å². The van der Waals surface area contributed by atoms with Gasteiger partial charge in [-0.1, -0.05) is 15.9 Å². The highest BCUT2D eigenvalue weighted by molar-refractivity contribution is 9.09. The molecule has 82 valence electrons. The van der Waals surface area contributed by atoms with E-state index < -0.39 is 0 Å². The van der Waals surface area contributed by atoms with Gasteiger partial charge in [-0.25, -0.2) is 0 Å². The lowest BCUT2D eigenvalue weighted by atomic mass is 10.3. The number of likely N-dealkylation sites (N-methyl/N-ethyl adjacent to an activating group) is 1. The van der Waals surface area contributed by atoms with Gasteiger partial charge in [0.25, 0.3) is 0 Å². The zero-order valence-corrected chi connectivity index (χ0v) is 10.2. The monoisotopic (exact) mass is 263 g/mol. The van der Waals surface area contributed by atoms with Crippen molar-refractivity contribution in [1.82, 2.24) is 15.1 Å². The van der Waals surface area contributed by atoms with Crippen LogP contribution in [0.25, 0.3) is 0 Å². The number of nitrogens with zero attached hydrogens (tertiary/aromatic N) is 2. The lowest BCUT2D eigenvalue weighted by molar-refractivity contribution is -0.118. The molecule has 0 spiro atoms. The minimum absolute atomic E-state index is 0.0686. The zero-order valence-electron chi connectivity index (χ0n) is 8.63. The van der Waals surface area contributed by atoms with Gasteiger partial charge in [-0.3, -0.25) is 9.69 Å². The molecular weight excluding hydrogens is 246 g/mol. The average Bonchev–Trinajstić information content (AvgIpc) is 2.21. The van der Waals surface area contributed by atoms with Gasteiger partial charge in [0, 0.05) is 39.3 Å². The summed E-state index contributed by atoms with van der Waals surface area (Å²) in [5, 5.41) is 3.25. The van der Waals surface area contributed by atoms with Gasteiger partial charge < -0.3 is 10.2 Å². The first-order chi connectivity index (χ1) is 6.72. The predicted molar refractivity (Wildman–Crippen MR) is 60.7 cm³/mol. The molecule has 1 amide bonds. The van der Waals surface area contributed by atoms with Gasteiger partial charge >= 0.3 is 0 Å². The van der Waals surface area contributed by atoms with Crippen molar-refractivity contribution >= 4 is 21.8 Å². The Balaban J connectivity index is 2.04.